The number of rotatable bonds is 6. The molecule has 0 saturated carbocycles. The summed E-state index contributed by atoms with van der Waals surface area (Å²) in [4.78, 5) is 22.2. The Hall–Kier alpha value is -3.16. The van der Waals surface area contributed by atoms with Crippen LogP contribution in [0.15, 0.2) is 36.4 Å². The van der Waals surface area contributed by atoms with Gasteiger partial charge in [0.2, 0.25) is 11.6 Å². The van der Waals surface area contributed by atoms with Crippen LogP contribution < -0.4 is 9.47 Å². The van der Waals surface area contributed by atoms with Gasteiger partial charge in [0.25, 0.3) is 0 Å². The van der Waals surface area contributed by atoms with Crippen molar-refractivity contribution >= 4 is 11.7 Å². The highest BCUT2D eigenvalue weighted by Crippen LogP contribution is 2.37. The topological polar surface area (TPSA) is 87.9 Å². The Morgan fingerprint density at radius 3 is 2.77 bits per heavy atom. The van der Waals surface area contributed by atoms with Crippen molar-refractivity contribution in [1.82, 2.24) is 0 Å². The van der Waals surface area contributed by atoms with Crippen LogP contribution in [0.5, 0.6) is 17.2 Å². The summed E-state index contributed by atoms with van der Waals surface area (Å²) >= 11 is 0. The molecule has 1 atom stereocenters. The Balaban J connectivity index is 1.64. The van der Waals surface area contributed by atoms with E-state index in [1.54, 1.807) is 18.2 Å². The summed E-state index contributed by atoms with van der Waals surface area (Å²) in [6.45, 7) is 5.49. The minimum atomic E-state index is -0.952. The third-order valence-corrected chi connectivity index (χ3v) is 4.51. The number of nitro benzene ring substituents is 1. The van der Waals surface area contributed by atoms with E-state index in [9.17, 15) is 19.3 Å². The third-order valence-electron chi connectivity index (χ3n) is 4.51. The highest BCUT2D eigenvalue weighted by molar-refractivity contribution is 5.69. The molecule has 30 heavy (non-hydrogen) atoms. The molecule has 1 heterocycles. The first kappa shape index (κ1) is 21.5. The number of carbonyl (C=O) groups is 1. The summed E-state index contributed by atoms with van der Waals surface area (Å²) in [6, 6.07) is 8.79. The van der Waals surface area contributed by atoms with Crippen LogP contribution in [0, 0.1) is 15.9 Å². The minimum Gasteiger partial charge on any atom is -0.490 e. The van der Waals surface area contributed by atoms with Crippen LogP contribution in [0.4, 0.5) is 10.1 Å². The Kier molecular flexibility index (Phi) is 6.24. The predicted molar refractivity (Wildman–Crippen MR) is 107 cm³/mol. The zero-order chi connectivity index (χ0) is 21.9. The van der Waals surface area contributed by atoms with Gasteiger partial charge in [-0.1, -0.05) is 6.07 Å². The zero-order valence-electron chi connectivity index (χ0n) is 17.1. The number of esters is 1. The van der Waals surface area contributed by atoms with E-state index in [0.717, 1.165) is 18.1 Å². The van der Waals surface area contributed by atoms with Crippen molar-refractivity contribution in [1.29, 1.82) is 0 Å². The Morgan fingerprint density at radius 2 is 2.07 bits per heavy atom. The maximum Gasteiger partial charge on any atom is 0.346 e. The molecule has 0 aliphatic carbocycles. The van der Waals surface area contributed by atoms with Crippen LogP contribution in [-0.2, 0) is 16.0 Å². The number of aryl methyl sites for hydroxylation is 1. The van der Waals surface area contributed by atoms with Crippen molar-refractivity contribution in [3.8, 4) is 17.2 Å². The van der Waals surface area contributed by atoms with Gasteiger partial charge in [0, 0.05) is 6.42 Å². The Morgan fingerprint density at radius 1 is 1.30 bits per heavy atom. The van der Waals surface area contributed by atoms with Crippen LogP contribution >= 0.6 is 0 Å². The number of hydrogen-bond donors (Lipinski definition) is 0. The summed E-state index contributed by atoms with van der Waals surface area (Å²) in [5.74, 6) is -0.328. The number of benzene rings is 2. The molecule has 0 spiro atoms. The van der Waals surface area contributed by atoms with E-state index in [1.807, 2.05) is 20.8 Å². The molecule has 7 nitrogen and oxygen atoms in total. The van der Waals surface area contributed by atoms with Crippen LogP contribution in [-0.4, -0.2) is 22.6 Å². The van der Waals surface area contributed by atoms with Crippen molar-refractivity contribution in [3.63, 3.8) is 0 Å². The highest BCUT2D eigenvalue weighted by Gasteiger charge is 2.25. The van der Waals surface area contributed by atoms with Gasteiger partial charge in [-0.2, -0.15) is 4.39 Å². The number of carbonyl (C=O) groups excluding carboxylic acids is 1. The highest BCUT2D eigenvalue weighted by atomic mass is 19.1. The average Bonchev–Trinajstić information content (AvgIpc) is 2.64. The second kappa shape index (κ2) is 8.69. The first-order chi connectivity index (χ1) is 14.1. The molecule has 3 rings (SSSR count). The molecule has 1 aliphatic heterocycles. The van der Waals surface area contributed by atoms with Crippen LogP contribution in [0.2, 0.25) is 0 Å². The molecule has 2 aromatic carbocycles. The lowest BCUT2D eigenvalue weighted by atomic mass is 9.99. The number of hydrogen-bond acceptors (Lipinski definition) is 6. The number of fused-ring (bicyclic) bond motifs is 1. The van der Waals surface area contributed by atoms with Crippen LogP contribution in [0.25, 0.3) is 0 Å². The smallest absolute Gasteiger partial charge is 0.346 e. The van der Waals surface area contributed by atoms with E-state index >= 15 is 0 Å². The van der Waals surface area contributed by atoms with Gasteiger partial charge in [-0.05, 0) is 75.9 Å². The molecule has 0 saturated heterocycles. The molecule has 8 heteroatoms. The number of nitrogens with zero attached hydrogens (tertiary/aromatic N) is 1. The van der Waals surface area contributed by atoms with E-state index < -0.39 is 22.0 Å². The van der Waals surface area contributed by atoms with E-state index in [1.165, 1.54) is 12.1 Å². The maximum atomic E-state index is 13.8. The van der Waals surface area contributed by atoms with Gasteiger partial charge in [0.05, 0.1) is 11.0 Å². The summed E-state index contributed by atoms with van der Waals surface area (Å²) in [5.41, 5.74) is -0.321. The standard InChI is InChI=1S/C22H24FNO6/c1-22(2,3)30-20(25)12-10-15-8-7-14-13-16(9-11-18(14)28-15)29-19-6-4-5-17(23)21(19)24(26)27/h4-6,9,11,13,15H,7-8,10,12H2,1-3H3. The quantitative estimate of drug-likeness (QED) is 0.358. The second-order valence-corrected chi connectivity index (χ2v) is 8.12. The molecule has 0 bridgehead atoms. The third kappa shape index (κ3) is 5.46. The SMILES string of the molecule is CC(C)(C)OC(=O)CCC1CCc2cc(Oc3cccc(F)c3[N+](=O)[O-])ccc2O1. The first-order valence-corrected chi connectivity index (χ1v) is 9.74. The number of ether oxygens (including phenoxy) is 3. The van der Waals surface area contributed by atoms with Gasteiger partial charge < -0.3 is 14.2 Å². The number of para-hydroxylation sites is 1. The van der Waals surface area contributed by atoms with Gasteiger partial charge in [-0.3, -0.25) is 14.9 Å². The molecule has 160 valence electrons. The average molecular weight is 417 g/mol. The van der Waals surface area contributed by atoms with Crippen molar-refractivity contribution in [2.45, 2.75) is 58.2 Å². The lowest BCUT2D eigenvalue weighted by Crippen LogP contribution is -2.27. The fraction of sp³-hybridized carbons (Fsp3) is 0.409. The Bertz CT molecular complexity index is 953. The fourth-order valence-electron chi connectivity index (χ4n) is 3.24. The second-order valence-electron chi connectivity index (χ2n) is 8.12. The van der Waals surface area contributed by atoms with Crippen LogP contribution in [0.3, 0.4) is 0 Å². The summed E-state index contributed by atoms with van der Waals surface area (Å²) in [5, 5.41) is 11.1. The largest absolute Gasteiger partial charge is 0.490 e. The molecular weight excluding hydrogens is 393 g/mol. The van der Waals surface area contributed by atoms with E-state index in [0.29, 0.717) is 24.3 Å². The molecular formula is C22H24FNO6. The van der Waals surface area contributed by atoms with E-state index in [-0.39, 0.29) is 24.2 Å². The fourth-order valence-corrected chi connectivity index (χ4v) is 3.24. The normalized spacial score (nSPS) is 15.7. The number of halogens is 1. The van der Waals surface area contributed by atoms with E-state index in [4.69, 9.17) is 14.2 Å². The summed E-state index contributed by atoms with van der Waals surface area (Å²) in [7, 11) is 0. The molecule has 1 unspecified atom stereocenters. The predicted octanol–water partition coefficient (Wildman–Crippen LogP) is 5.34. The van der Waals surface area contributed by atoms with E-state index in [2.05, 4.69) is 0 Å². The van der Waals surface area contributed by atoms with Crippen molar-refractivity contribution in [2.75, 3.05) is 0 Å². The maximum absolute atomic E-state index is 13.8. The number of nitro groups is 1. The minimum absolute atomic E-state index is 0.0962. The first-order valence-electron chi connectivity index (χ1n) is 9.74. The lowest BCUT2D eigenvalue weighted by molar-refractivity contribution is -0.388. The Labute approximate surface area is 173 Å². The molecule has 0 N–H and O–H groups in total. The molecule has 0 fully saturated rings. The van der Waals surface area contributed by atoms with Crippen molar-refractivity contribution < 1.29 is 28.3 Å². The molecule has 2 aromatic rings. The van der Waals surface area contributed by atoms with Crippen LogP contribution in [0.1, 0.15) is 45.6 Å². The molecule has 1 aliphatic rings. The zero-order valence-corrected chi connectivity index (χ0v) is 17.1. The van der Waals surface area contributed by atoms with Gasteiger partial charge in [0.1, 0.15) is 17.1 Å². The lowest BCUT2D eigenvalue weighted by Gasteiger charge is -2.27. The molecule has 0 amide bonds. The van der Waals surface area contributed by atoms with Crippen molar-refractivity contribution in [3.05, 3.63) is 57.9 Å². The van der Waals surface area contributed by atoms with Gasteiger partial charge >= 0.3 is 11.7 Å². The van der Waals surface area contributed by atoms with Gasteiger partial charge in [-0.25, -0.2) is 0 Å². The van der Waals surface area contributed by atoms with Gasteiger partial charge in [0.15, 0.2) is 0 Å². The summed E-state index contributed by atoms with van der Waals surface area (Å²) < 4.78 is 30.6. The monoisotopic (exact) mass is 417 g/mol. The van der Waals surface area contributed by atoms with Crippen molar-refractivity contribution in [2.24, 2.45) is 0 Å². The molecule has 0 radical (unpaired) electrons. The molecule has 0 aromatic heterocycles. The van der Waals surface area contributed by atoms with Gasteiger partial charge in [-0.15, -0.1) is 0 Å². The summed E-state index contributed by atoms with van der Waals surface area (Å²) in [6.07, 6.45) is 2.17.